The molecule has 4 rings (SSSR count). The van der Waals surface area contributed by atoms with Gasteiger partial charge in [-0.2, -0.15) is 0 Å². The average Bonchev–Trinajstić information content (AvgIpc) is 2.96. The predicted molar refractivity (Wildman–Crippen MR) is 113 cm³/mol. The molecule has 3 saturated heterocycles. The number of carbonyl (C=O) groups excluding carboxylic acids is 1. The van der Waals surface area contributed by atoms with E-state index in [9.17, 15) is 4.79 Å². The number of para-hydroxylation sites is 1. The molecule has 1 spiro atoms. The first-order valence-corrected chi connectivity index (χ1v) is 11.1. The van der Waals surface area contributed by atoms with Crippen molar-refractivity contribution in [3.63, 3.8) is 0 Å². The SMILES string of the molecule is CN(c1ccccc1)[C@H]1COC2(CCN(C(=O)CN3CCCCCC3)CC2)C1. The number of hydrogen-bond acceptors (Lipinski definition) is 4. The summed E-state index contributed by atoms with van der Waals surface area (Å²) in [4.78, 5) is 19.6. The van der Waals surface area contributed by atoms with Crippen LogP contribution in [0.5, 0.6) is 0 Å². The van der Waals surface area contributed by atoms with Crippen LogP contribution in [0, 0.1) is 0 Å². The lowest BCUT2D eigenvalue weighted by molar-refractivity contribution is -0.137. The fourth-order valence-electron chi connectivity index (χ4n) is 5.04. The van der Waals surface area contributed by atoms with Gasteiger partial charge in [0.05, 0.1) is 24.8 Å². The zero-order valence-electron chi connectivity index (χ0n) is 17.3. The molecule has 0 bridgehead atoms. The number of rotatable bonds is 4. The summed E-state index contributed by atoms with van der Waals surface area (Å²) in [6, 6.07) is 11.0. The molecule has 0 aliphatic carbocycles. The number of likely N-dealkylation sites (N-methyl/N-ethyl adjacent to an activating group) is 1. The zero-order chi connectivity index (χ0) is 19.4. The molecule has 0 saturated carbocycles. The van der Waals surface area contributed by atoms with E-state index in [1.165, 1.54) is 31.4 Å². The molecule has 28 heavy (non-hydrogen) atoms. The normalized spacial score (nSPS) is 25.6. The number of anilines is 1. The van der Waals surface area contributed by atoms with Gasteiger partial charge in [-0.3, -0.25) is 9.69 Å². The fraction of sp³-hybridized carbons (Fsp3) is 0.696. The van der Waals surface area contributed by atoms with Crippen LogP contribution in [0.3, 0.4) is 0 Å². The first-order valence-electron chi connectivity index (χ1n) is 11.1. The summed E-state index contributed by atoms with van der Waals surface area (Å²) in [5, 5.41) is 0. The second kappa shape index (κ2) is 8.83. The number of benzene rings is 1. The minimum absolute atomic E-state index is 0.0346. The molecular weight excluding hydrogens is 350 g/mol. The molecule has 1 aromatic rings. The van der Waals surface area contributed by atoms with Crippen molar-refractivity contribution in [2.45, 2.75) is 56.6 Å². The molecule has 0 unspecified atom stereocenters. The van der Waals surface area contributed by atoms with E-state index >= 15 is 0 Å². The van der Waals surface area contributed by atoms with Crippen molar-refractivity contribution in [3.05, 3.63) is 30.3 Å². The van der Waals surface area contributed by atoms with Crippen LogP contribution in [0.25, 0.3) is 0 Å². The fourth-order valence-corrected chi connectivity index (χ4v) is 5.04. The molecule has 0 radical (unpaired) electrons. The summed E-state index contributed by atoms with van der Waals surface area (Å²) in [6.07, 6.45) is 8.10. The molecule has 5 heteroatoms. The topological polar surface area (TPSA) is 36.0 Å². The van der Waals surface area contributed by atoms with Crippen molar-refractivity contribution in [3.8, 4) is 0 Å². The summed E-state index contributed by atoms with van der Waals surface area (Å²) in [5.74, 6) is 0.313. The van der Waals surface area contributed by atoms with Crippen LogP contribution in [0.15, 0.2) is 30.3 Å². The maximum absolute atomic E-state index is 12.8. The highest BCUT2D eigenvalue weighted by Crippen LogP contribution is 2.38. The van der Waals surface area contributed by atoms with Crippen LogP contribution >= 0.6 is 0 Å². The Labute approximate surface area is 169 Å². The van der Waals surface area contributed by atoms with E-state index in [2.05, 4.69) is 52.1 Å². The Hall–Kier alpha value is -1.59. The van der Waals surface area contributed by atoms with Crippen LogP contribution in [0.4, 0.5) is 5.69 Å². The second-order valence-electron chi connectivity index (χ2n) is 8.87. The summed E-state index contributed by atoms with van der Waals surface area (Å²) < 4.78 is 6.34. The van der Waals surface area contributed by atoms with Gasteiger partial charge in [-0.05, 0) is 57.3 Å². The lowest BCUT2D eigenvalue weighted by atomic mass is 9.87. The van der Waals surface area contributed by atoms with E-state index in [0.29, 0.717) is 18.5 Å². The molecule has 3 heterocycles. The Balaban J connectivity index is 1.27. The number of carbonyl (C=O) groups is 1. The first-order chi connectivity index (χ1) is 13.7. The lowest BCUT2D eigenvalue weighted by Gasteiger charge is -2.39. The van der Waals surface area contributed by atoms with Gasteiger partial charge in [0.1, 0.15) is 0 Å². The summed E-state index contributed by atoms with van der Waals surface area (Å²) in [5.41, 5.74) is 1.21. The maximum Gasteiger partial charge on any atom is 0.236 e. The average molecular weight is 386 g/mol. The van der Waals surface area contributed by atoms with Crippen LogP contribution in [0.1, 0.15) is 44.9 Å². The van der Waals surface area contributed by atoms with Crippen molar-refractivity contribution in [1.29, 1.82) is 0 Å². The standard InChI is InChI=1S/C23H35N3O2/c1-24(20-9-5-4-6-10-20)21-17-23(28-19-21)11-15-26(16-12-23)22(27)18-25-13-7-2-3-8-14-25/h4-6,9-10,21H,2-3,7-8,11-19H2,1H3/t21-/m1/s1. The third kappa shape index (κ3) is 4.52. The van der Waals surface area contributed by atoms with Gasteiger partial charge in [0, 0.05) is 25.8 Å². The van der Waals surface area contributed by atoms with E-state index in [1.54, 1.807) is 0 Å². The maximum atomic E-state index is 12.8. The van der Waals surface area contributed by atoms with E-state index in [4.69, 9.17) is 4.74 Å². The number of ether oxygens (including phenoxy) is 1. The Morgan fingerprint density at radius 1 is 1.07 bits per heavy atom. The number of likely N-dealkylation sites (tertiary alicyclic amines) is 2. The smallest absolute Gasteiger partial charge is 0.236 e. The summed E-state index contributed by atoms with van der Waals surface area (Å²) in [7, 11) is 2.17. The molecule has 3 aliphatic heterocycles. The third-order valence-corrected chi connectivity index (χ3v) is 6.99. The van der Waals surface area contributed by atoms with Crippen molar-refractivity contribution < 1.29 is 9.53 Å². The molecule has 1 amide bonds. The lowest BCUT2D eigenvalue weighted by Crippen LogP contribution is -2.49. The van der Waals surface area contributed by atoms with Crippen molar-refractivity contribution in [2.24, 2.45) is 0 Å². The largest absolute Gasteiger partial charge is 0.373 e. The number of amides is 1. The minimum atomic E-state index is -0.0346. The van der Waals surface area contributed by atoms with Crippen LogP contribution in [-0.4, -0.2) is 73.7 Å². The second-order valence-corrected chi connectivity index (χ2v) is 8.87. The van der Waals surface area contributed by atoms with Crippen molar-refractivity contribution >= 4 is 11.6 Å². The summed E-state index contributed by atoms with van der Waals surface area (Å²) in [6.45, 7) is 5.24. The van der Waals surface area contributed by atoms with Crippen molar-refractivity contribution in [2.75, 3.05) is 51.3 Å². The van der Waals surface area contributed by atoms with Gasteiger partial charge in [0.2, 0.25) is 5.91 Å². The Morgan fingerprint density at radius 2 is 1.75 bits per heavy atom. The predicted octanol–water partition coefficient (Wildman–Crippen LogP) is 3.15. The van der Waals surface area contributed by atoms with Gasteiger partial charge in [0.25, 0.3) is 0 Å². The van der Waals surface area contributed by atoms with Gasteiger partial charge in [-0.25, -0.2) is 0 Å². The van der Waals surface area contributed by atoms with Gasteiger partial charge >= 0.3 is 0 Å². The number of piperidine rings is 1. The van der Waals surface area contributed by atoms with Crippen LogP contribution in [0.2, 0.25) is 0 Å². The molecule has 1 atom stereocenters. The molecular formula is C23H35N3O2. The minimum Gasteiger partial charge on any atom is -0.373 e. The Morgan fingerprint density at radius 3 is 2.43 bits per heavy atom. The molecule has 1 aromatic carbocycles. The van der Waals surface area contributed by atoms with Gasteiger partial charge in [-0.15, -0.1) is 0 Å². The first kappa shape index (κ1) is 19.7. The van der Waals surface area contributed by atoms with E-state index in [1.807, 2.05) is 0 Å². The third-order valence-electron chi connectivity index (χ3n) is 6.99. The molecule has 5 nitrogen and oxygen atoms in total. The number of nitrogens with zero attached hydrogens (tertiary/aromatic N) is 3. The van der Waals surface area contributed by atoms with Crippen LogP contribution in [-0.2, 0) is 9.53 Å². The highest BCUT2D eigenvalue weighted by atomic mass is 16.5. The van der Waals surface area contributed by atoms with E-state index in [0.717, 1.165) is 52.0 Å². The van der Waals surface area contributed by atoms with Crippen LogP contribution < -0.4 is 4.90 Å². The molecule has 0 aromatic heterocycles. The molecule has 3 aliphatic rings. The Bertz CT molecular complexity index is 635. The van der Waals surface area contributed by atoms with Gasteiger partial charge in [-0.1, -0.05) is 31.0 Å². The zero-order valence-corrected chi connectivity index (χ0v) is 17.3. The van der Waals surface area contributed by atoms with E-state index in [-0.39, 0.29) is 5.60 Å². The van der Waals surface area contributed by atoms with Gasteiger partial charge in [0.15, 0.2) is 0 Å². The van der Waals surface area contributed by atoms with Crippen molar-refractivity contribution in [1.82, 2.24) is 9.80 Å². The Kier molecular flexibility index (Phi) is 6.22. The number of hydrogen-bond donors (Lipinski definition) is 0. The molecule has 3 fully saturated rings. The van der Waals surface area contributed by atoms with E-state index < -0.39 is 0 Å². The summed E-state index contributed by atoms with van der Waals surface area (Å²) >= 11 is 0. The monoisotopic (exact) mass is 385 g/mol. The molecule has 154 valence electrons. The van der Waals surface area contributed by atoms with Gasteiger partial charge < -0.3 is 14.5 Å². The highest BCUT2D eigenvalue weighted by Gasteiger charge is 2.44. The highest BCUT2D eigenvalue weighted by molar-refractivity contribution is 5.78. The molecule has 0 N–H and O–H groups in total. The quantitative estimate of drug-likeness (QED) is 0.798.